The van der Waals surface area contributed by atoms with E-state index in [1.54, 1.807) is 0 Å². The average molecular weight is 446 g/mol. The van der Waals surface area contributed by atoms with Crippen molar-refractivity contribution in [3.05, 3.63) is 59.7 Å². The summed E-state index contributed by atoms with van der Waals surface area (Å²) in [5, 5.41) is 0. The highest BCUT2D eigenvalue weighted by Gasteiger charge is 2.15. The summed E-state index contributed by atoms with van der Waals surface area (Å²) >= 11 is 0. The van der Waals surface area contributed by atoms with E-state index in [-0.39, 0.29) is 0 Å². The van der Waals surface area contributed by atoms with Crippen molar-refractivity contribution in [1.82, 2.24) is 14.7 Å². The van der Waals surface area contributed by atoms with Crippen molar-refractivity contribution < 1.29 is 0 Å². The molecule has 0 saturated heterocycles. The number of fused-ring (bicyclic) bond motifs is 3. The highest BCUT2D eigenvalue weighted by Crippen LogP contribution is 2.35. The maximum absolute atomic E-state index is 2.22. The third-order valence-electron chi connectivity index (χ3n) is 4.60. The Morgan fingerprint density at radius 1 is 0.500 bits per heavy atom. The summed E-state index contributed by atoms with van der Waals surface area (Å²) in [7, 11) is 12.3. The number of hydrogen-bond acceptors (Lipinski definition) is 3. The molecule has 2 aromatic carbocycles. The van der Waals surface area contributed by atoms with E-state index in [0.717, 1.165) is 26.1 Å². The fourth-order valence-electron chi connectivity index (χ4n) is 2.08. The van der Waals surface area contributed by atoms with Gasteiger partial charge in [-0.15, -0.1) is 0 Å². The topological polar surface area (TPSA) is 9.72 Å². The summed E-state index contributed by atoms with van der Waals surface area (Å²) in [4.78, 5) is 6.38. The van der Waals surface area contributed by atoms with Crippen molar-refractivity contribution in [2.45, 2.75) is 54.9 Å². The molecule has 0 fully saturated rings. The summed E-state index contributed by atoms with van der Waals surface area (Å²) < 4.78 is 0. The maximum atomic E-state index is 2.22. The molecule has 0 aromatic heterocycles. The van der Waals surface area contributed by atoms with Gasteiger partial charge in [0.25, 0.3) is 0 Å². The van der Waals surface area contributed by atoms with Gasteiger partial charge in [0.1, 0.15) is 0 Å². The second-order valence-electron chi connectivity index (χ2n) is 7.68. The van der Waals surface area contributed by atoms with E-state index in [4.69, 9.17) is 0 Å². The van der Waals surface area contributed by atoms with Gasteiger partial charge in [-0.2, -0.15) is 0 Å². The van der Waals surface area contributed by atoms with E-state index >= 15 is 0 Å². The van der Waals surface area contributed by atoms with Crippen LogP contribution in [0.15, 0.2) is 48.5 Å². The second kappa shape index (κ2) is 24.0. The molecule has 0 spiro atoms. The van der Waals surface area contributed by atoms with Gasteiger partial charge in [-0.25, -0.2) is 0 Å². The van der Waals surface area contributed by atoms with E-state index in [2.05, 4.69) is 126 Å². The van der Waals surface area contributed by atoms with E-state index < -0.39 is 0 Å². The molecule has 0 saturated carbocycles. The average Bonchev–Trinajstić information content (AvgIpc) is 3.21. The Balaban J connectivity index is -0.000000377. The SMILES string of the molecule is CC.CC.CCN(C)C.CCN(C)C.CCN(C)C.c1ccc2c(c1)Cc1ccccc1-2. The Morgan fingerprint density at radius 3 is 0.938 bits per heavy atom. The van der Waals surface area contributed by atoms with Crippen molar-refractivity contribution in [1.29, 1.82) is 0 Å². The van der Waals surface area contributed by atoms with E-state index in [1.807, 2.05) is 27.7 Å². The van der Waals surface area contributed by atoms with Crippen LogP contribution in [-0.4, -0.2) is 76.6 Å². The summed E-state index contributed by atoms with van der Waals surface area (Å²) in [5.74, 6) is 0. The number of nitrogens with zero attached hydrogens (tertiary/aromatic N) is 3. The molecule has 0 radical (unpaired) electrons. The van der Waals surface area contributed by atoms with Gasteiger partial charge in [0.05, 0.1) is 0 Å². The van der Waals surface area contributed by atoms with Crippen molar-refractivity contribution >= 4 is 0 Å². The zero-order chi connectivity index (χ0) is 25.5. The summed E-state index contributed by atoms with van der Waals surface area (Å²) in [6.45, 7) is 17.8. The lowest BCUT2D eigenvalue weighted by Crippen LogP contribution is -2.08. The zero-order valence-electron chi connectivity index (χ0n) is 23.8. The van der Waals surface area contributed by atoms with Crippen molar-refractivity contribution in [2.75, 3.05) is 61.9 Å². The zero-order valence-corrected chi connectivity index (χ0v) is 23.8. The van der Waals surface area contributed by atoms with Crippen LogP contribution in [-0.2, 0) is 6.42 Å². The Labute approximate surface area is 202 Å². The predicted octanol–water partition coefficient (Wildman–Crippen LogP) is 7.01. The van der Waals surface area contributed by atoms with Crippen molar-refractivity contribution in [3.63, 3.8) is 0 Å². The van der Waals surface area contributed by atoms with Crippen LogP contribution < -0.4 is 0 Å². The fraction of sp³-hybridized carbons (Fsp3) is 0.586. The minimum absolute atomic E-state index is 1.10. The molecule has 0 aliphatic heterocycles. The van der Waals surface area contributed by atoms with Crippen molar-refractivity contribution in [3.8, 4) is 11.1 Å². The van der Waals surface area contributed by atoms with Crippen LogP contribution in [0.1, 0.15) is 59.6 Å². The normalized spacial score (nSPS) is 9.88. The van der Waals surface area contributed by atoms with Crippen LogP contribution in [0.2, 0.25) is 0 Å². The van der Waals surface area contributed by atoms with Crippen molar-refractivity contribution in [2.24, 2.45) is 0 Å². The van der Waals surface area contributed by atoms with Gasteiger partial charge in [0.2, 0.25) is 0 Å². The van der Waals surface area contributed by atoms with Crippen LogP contribution in [0.5, 0.6) is 0 Å². The Bertz CT molecular complexity index is 571. The highest BCUT2D eigenvalue weighted by molar-refractivity contribution is 5.76. The largest absolute Gasteiger partial charge is 0.310 e. The number of rotatable bonds is 3. The molecule has 3 nitrogen and oxygen atoms in total. The minimum Gasteiger partial charge on any atom is -0.310 e. The molecule has 1 aliphatic carbocycles. The molecule has 3 heteroatoms. The predicted molar refractivity (Wildman–Crippen MR) is 150 cm³/mol. The summed E-state index contributed by atoms with van der Waals surface area (Å²) in [6, 6.07) is 17.3. The third-order valence-corrected chi connectivity index (χ3v) is 4.60. The first kappa shape index (κ1) is 34.9. The second-order valence-corrected chi connectivity index (χ2v) is 7.68. The quantitative estimate of drug-likeness (QED) is 0.429. The lowest BCUT2D eigenvalue weighted by atomic mass is 10.1. The van der Waals surface area contributed by atoms with Gasteiger partial charge in [-0.3, -0.25) is 0 Å². The van der Waals surface area contributed by atoms with Gasteiger partial charge >= 0.3 is 0 Å². The molecular formula is C29H55N3. The standard InChI is InChI=1S/C13H10.3C4H11N.2C2H6/c1-3-7-12-10(5-1)9-11-6-2-4-8-13(11)12;3*1-4-5(2)3;2*1-2/h1-8H,9H2;3*4H2,1-3H3;2*1-2H3. The first-order valence-corrected chi connectivity index (χ1v) is 12.4. The Morgan fingerprint density at radius 2 is 0.719 bits per heavy atom. The molecule has 32 heavy (non-hydrogen) atoms. The minimum atomic E-state index is 1.10. The lowest BCUT2D eigenvalue weighted by Gasteiger charge is -2.00. The van der Waals surface area contributed by atoms with E-state index in [9.17, 15) is 0 Å². The summed E-state index contributed by atoms with van der Waals surface area (Å²) in [6.07, 6.45) is 1.10. The molecule has 3 rings (SSSR count). The Hall–Kier alpha value is -1.68. The maximum Gasteiger partial charge on any atom is -0.00135 e. The van der Waals surface area contributed by atoms with Gasteiger partial charge in [-0.1, -0.05) is 97.0 Å². The van der Waals surface area contributed by atoms with Gasteiger partial charge in [-0.05, 0) is 90.6 Å². The molecule has 0 N–H and O–H groups in total. The first-order valence-electron chi connectivity index (χ1n) is 12.4. The summed E-state index contributed by atoms with van der Waals surface area (Å²) in [5.41, 5.74) is 5.75. The van der Waals surface area contributed by atoms with Crippen LogP contribution in [0, 0.1) is 0 Å². The molecule has 0 atom stereocenters. The molecular weight excluding hydrogens is 390 g/mol. The molecule has 2 aromatic rings. The van der Waals surface area contributed by atoms with Crippen LogP contribution in [0.25, 0.3) is 11.1 Å². The van der Waals surface area contributed by atoms with Crippen LogP contribution in [0.3, 0.4) is 0 Å². The van der Waals surface area contributed by atoms with Gasteiger partial charge < -0.3 is 14.7 Å². The first-order chi connectivity index (χ1) is 15.3. The van der Waals surface area contributed by atoms with Crippen LogP contribution >= 0.6 is 0 Å². The fourth-order valence-corrected chi connectivity index (χ4v) is 2.08. The number of hydrogen-bond donors (Lipinski definition) is 0. The molecule has 0 heterocycles. The van der Waals surface area contributed by atoms with Gasteiger partial charge in [0.15, 0.2) is 0 Å². The highest BCUT2D eigenvalue weighted by atomic mass is 15.0. The van der Waals surface area contributed by atoms with Gasteiger partial charge in [0, 0.05) is 0 Å². The molecule has 0 amide bonds. The Kier molecular flexibility index (Phi) is 26.2. The van der Waals surface area contributed by atoms with Crippen LogP contribution in [0.4, 0.5) is 0 Å². The van der Waals surface area contributed by atoms with E-state index in [1.165, 1.54) is 22.3 Å². The smallest absolute Gasteiger partial charge is 0.00135 e. The lowest BCUT2D eigenvalue weighted by molar-refractivity contribution is 0.434. The molecule has 0 unspecified atom stereocenters. The molecule has 1 aliphatic rings. The number of benzene rings is 2. The third kappa shape index (κ3) is 17.9. The van der Waals surface area contributed by atoms with E-state index in [0.29, 0.717) is 0 Å². The molecule has 186 valence electrons. The molecule has 0 bridgehead atoms. The monoisotopic (exact) mass is 445 g/mol.